The first-order valence-electron chi connectivity index (χ1n) is 12.7. The number of hydrogen-bond donors (Lipinski definition) is 0. The van der Waals surface area contributed by atoms with Crippen molar-refractivity contribution in [1.82, 2.24) is 4.57 Å². The number of ether oxygens (including phenoxy) is 1. The minimum absolute atomic E-state index is 0.565. The Hall–Kier alpha value is -4.30. The van der Waals surface area contributed by atoms with Crippen molar-refractivity contribution < 1.29 is 4.74 Å². The molecule has 3 aliphatic rings. The quantitative estimate of drug-likeness (QED) is 0.287. The van der Waals surface area contributed by atoms with Gasteiger partial charge in [-0.05, 0) is 41.8 Å². The lowest BCUT2D eigenvalue weighted by Crippen LogP contribution is -2.39. The van der Waals surface area contributed by atoms with Gasteiger partial charge in [-0.3, -0.25) is 0 Å². The second kappa shape index (κ2) is 8.42. The van der Waals surface area contributed by atoms with Gasteiger partial charge in [-0.25, -0.2) is 0 Å². The van der Waals surface area contributed by atoms with Gasteiger partial charge in [0.15, 0.2) is 0 Å². The lowest BCUT2D eigenvalue weighted by atomic mass is 9.60. The van der Waals surface area contributed by atoms with Crippen LogP contribution < -0.4 is 4.74 Å². The fourth-order valence-electron chi connectivity index (χ4n) is 6.21. The van der Waals surface area contributed by atoms with Crippen LogP contribution in [0.1, 0.15) is 31.4 Å². The van der Waals surface area contributed by atoms with Gasteiger partial charge in [0.25, 0.3) is 0 Å². The molecule has 3 aromatic carbocycles. The van der Waals surface area contributed by atoms with Crippen LogP contribution in [0.4, 0.5) is 0 Å². The molecule has 4 aromatic rings. The Kier molecular flexibility index (Phi) is 5.19. The first-order valence-corrected chi connectivity index (χ1v) is 12.7. The van der Waals surface area contributed by atoms with Gasteiger partial charge in [0.1, 0.15) is 11.5 Å². The predicted molar refractivity (Wildman–Crippen MR) is 152 cm³/mol. The van der Waals surface area contributed by atoms with Crippen molar-refractivity contribution in [2.45, 2.75) is 25.7 Å². The van der Waals surface area contributed by atoms with Crippen molar-refractivity contribution in [2.75, 3.05) is 0 Å². The number of rotatable bonds is 2. The Morgan fingerprint density at radius 3 is 2.36 bits per heavy atom. The molecule has 176 valence electrons. The predicted octanol–water partition coefficient (Wildman–Crippen LogP) is 8.87. The zero-order valence-corrected chi connectivity index (χ0v) is 20.8. The summed E-state index contributed by atoms with van der Waals surface area (Å²) in [5, 5.41) is 2.49. The highest BCUT2D eigenvalue weighted by molar-refractivity contribution is 6.13. The summed E-state index contributed by atoms with van der Waals surface area (Å²) in [7, 11) is 0. The number of allylic oxidation sites excluding steroid dienone is 9. The molecule has 0 amide bonds. The molecule has 36 heavy (non-hydrogen) atoms. The van der Waals surface area contributed by atoms with Crippen molar-refractivity contribution >= 4 is 27.5 Å². The zero-order chi connectivity index (χ0) is 24.9. The number of hydrogen-bond acceptors (Lipinski definition) is 1. The van der Waals surface area contributed by atoms with Crippen LogP contribution >= 0.6 is 0 Å². The standard InChI is InChI=1S/C32H23NO.C2H6/c1-3-23-27(4-2)33-28-18-10-8-13-21(28)22-14-12-17-26(31(22)33)32(23)24-15-6-5-7-19-29(24)34-30-20-11-9-16-25(30)32;1-2/h3-4,6-20H,1-2,5H2;1-2H3. The van der Waals surface area contributed by atoms with E-state index in [1.807, 2.05) is 32.1 Å². The molecule has 1 aliphatic carbocycles. The summed E-state index contributed by atoms with van der Waals surface area (Å²) >= 11 is 0. The van der Waals surface area contributed by atoms with E-state index in [-0.39, 0.29) is 0 Å². The van der Waals surface area contributed by atoms with Crippen molar-refractivity contribution in [3.05, 3.63) is 144 Å². The monoisotopic (exact) mass is 467 g/mol. The van der Waals surface area contributed by atoms with Gasteiger partial charge >= 0.3 is 0 Å². The van der Waals surface area contributed by atoms with Crippen molar-refractivity contribution in [3.8, 4) is 5.75 Å². The number of para-hydroxylation sites is 3. The van der Waals surface area contributed by atoms with Crippen molar-refractivity contribution in [2.24, 2.45) is 0 Å². The van der Waals surface area contributed by atoms with Crippen LogP contribution in [0.2, 0.25) is 0 Å². The summed E-state index contributed by atoms with van der Waals surface area (Å²) in [5.74, 6) is 1.77. The molecule has 1 unspecified atom stereocenters. The van der Waals surface area contributed by atoms with Crippen LogP contribution in [0.15, 0.2) is 133 Å². The van der Waals surface area contributed by atoms with Crippen LogP contribution in [0.3, 0.4) is 0 Å². The fourth-order valence-corrected chi connectivity index (χ4v) is 6.21. The summed E-state index contributed by atoms with van der Waals surface area (Å²) in [5.41, 5.74) is 7.52. The summed E-state index contributed by atoms with van der Waals surface area (Å²) in [6.07, 6.45) is 13.6. The molecule has 0 saturated heterocycles. The van der Waals surface area contributed by atoms with Gasteiger partial charge in [0.05, 0.1) is 22.1 Å². The highest BCUT2D eigenvalue weighted by Crippen LogP contribution is 2.59. The van der Waals surface area contributed by atoms with Crippen LogP contribution in [-0.2, 0) is 5.41 Å². The van der Waals surface area contributed by atoms with E-state index in [2.05, 4.69) is 103 Å². The average molecular weight is 468 g/mol. The molecule has 2 nitrogen and oxygen atoms in total. The van der Waals surface area contributed by atoms with E-state index in [0.717, 1.165) is 40.3 Å². The van der Waals surface area contributed by atoms with Crippen molar-refractivity contribution in [3.63, 3.8) is 0 Å². The van der Waals surface area contributed by atoms with Crippen LogP contribution in [0.25, 0.3) is 27.5 Å². The third-order valence-corrected chi connectivity index (χ3v) is 7.42. The molecule has 0 bridgehead atoms. The molecule has 0 radical (unpaired) electrons. The largest absolute Gasteiger partial charge is 0.457 e. The maximum atomic E-state index is 6.50. The Morgan fingerprint density at radius 2 is 1.53 bits per heavy atom. The third kappa shape index (κ3) is 2.67. The third-order valence-electron chi connectivity index (χ3n) is 7.42. The number of fused-ring (bicyclic) bond motifs is 7. The highest BCUT2D eigenvalue weighted by Gasteiger charge is 2.50. The lowest BCUT2D eigenvalue weighted by Gasteiger charge is -2.45. The smallest absolute Gasteiger partial charge is 0.132 e. The molecule has 7 rings (SSSR count). The maximum Gasteiger partial charge on any atom is 0.132 e. The Morgan fingerprint density at radius 1 is 0.806 bits per heavy atom. The van der Waals surface area contributed by atoms with Gasteiger partial charge in [-0.15, -0.1) is 0 Å². The van der Waals surface area contributed by atoms with E-state index >= 15 is 0 Å². The van der Waals surface area contributed by atoms with Gasteiger partial charge in [0.2, 0.25) is 0 Å². The molecule has 1 atom stereocenters. The summed E-state index contributed by atoms with van der Waals surface area (Å²) in [6, 6.07) is 23.7. The molecular weight excluding hydrogens is 438 g/mol. The molecular formula is C34H29NO. The second-order valence-corrected chi connectivity index (χ2v) is 8.93. The number of benzene rings is 3. The fraction of sp³-hybridized carbons (Fsp3) is 0.118. The molecule has 2 heteroatoms. The van der Waals surface area contributed by atoms with E-state index in [0.29, 0.717) is 0 Å². The normalized spacial score (nSPS) is 19.4. The lowest BCUT2D eigenvalue weighted by molar-refractivity contribution is 0.401. The van der Waals surface area contributed by atoms with E-state index in [1.54, 1.807) is 0 Å². The Labute approximate surface area is 212 Å². The van der Waals surface area contributed by atoms with Crippen LogP contribution in [-0.4, -0.2) is 4.57 Å². The van der Waals surface area contributed by atoms with Gasteiger partial charge in [0, 0.05) is 21.9 Å². The Bertz CT molecular complexity index is 1690. The topological polar surface area (TPSA) is 14.2 Å². The van der Waals surface area contributed by atoms with E-state index in [4.69, 9.17) is 4.74 Å². The van der Waals surface area contributed by atoms with Gasteiger partial charge < -0.3 is 9.30 Å². The summed E-state index contributed by atoms with van der Waals surface area (Å²) in [6.45, 7) is 12.6. The first-order chi connectivity index (χ1) is 17.8. The van der Waals surface area contributed by atoms with Crippen LogP contribution in [0, 0.1) is 0 Å². The molecule has 0 N–H and O–H groups in total. The maximum absolute atomic E-state index is 6.50. The second-order valence-electron chi connectivity index (χ2n) is 8.93. The first kappa shape index (κ1) is 22.2. The molecule has 1 spiro atoms. The molecule has 0 fully saturated rings. The van der Waals surface area contributed by atoms with E-state index in [9.17, 15) is 0 Å². The van der Waals surface area contributed by atoms with Gasteiger partial charge in [-0.2, -0.15) is 0 Å². The van der Waals surface area contributed by atoms with E-state index in [1.165, 1.54) is 27.4 Å². The Balaban J connectivity index is 0.00000117. The summed E-state index contributed by atoms with van der Waals surface area (Å²) < 4.78 is 8.86. The zero-order valence-electron chi connectivity index (χ0n) is 20.8. The average Bonchev–Trinajstić information content (AvgIpc) is 3.08. The minimum Gasteiger partial charge on any atom is -0.457 e. The van der Waals surface area contributed by atoms with Crippen LogP contribution in [0.5, 0.6) is 5.75 Å². The SMILES string of the molecule is C=CC1=C(C=C)C2(C3=C(C=CCC=C3)Oc3ccccc32)c2cccc3c4ccccc4n1c23.CC. The molecule has 0 saturated carbocycles. The minimum atomic E-state index is -0.565. The van der Waals surface area contributed by atoms with E-state index < -0.39 is 5.41 Å². The molecule has 1 aromatic heterocycles. The molecule has 2 aliphatic heterocycles. The molecule has 3 heterocycles. The van der Waals surface area contributed by atoms with Gasteiger partial charge in [-0.1, -0.05) is 106 Å². The highest BCUT2D eigenvalue weighted by atomic mass is 16.5. The summed E-state index contributed by atoms with van der Waals surface area (Å²) in [4.78, 5) is 0. The number of nitrogens with zero attached hydrogens (tertiary/aromatic N) is 1. The number of aromatic nitrogens is 1. The van der Waals surface area contributed by atoms with Crippen molar-refractivity contribution in [1.29, 1.82) is 0 Å².